The van der Waals surface area contributed by atoms with Crippen LogP contribution in [-0.4, -0.2) is 34.2 Å². The average molecular weight is 1650 g/mol. The topological polar surface area (TPSA) is 16.2 Å². The summed E-state index contributed by atoms with van der Waals surface area (Å²) in [6, 6.07) is 154. The second kappa shape index (κ2) is 30.8. The SMILES string of the molecule is C1=CN2B(c3ccccc31)c1cc3ccccc3cc1-c1ccccc12.C1=CN2B(c3ccccc31)c1ccccc1-c1c2ccc2ccccc12.C1=CN2B(c3ccccc31)c1ccccc1-c1cc3ccccc3cc12.C1=Cc2ccccc2N2B1c1ccccc1-c1c2ccc2ccccc12.C1=Cc2ccccc2N2B1c1ccccc1-c1cc3ccccc3cc12. The molecule has 10 aliphatic rings. The lowest BCUT2D eigenvalue weighted by Gasteiger charge is -2.40. The van der Waals surface area contributed by atoms with E-state index in [1.165, 1.54) is 221 Å². The number of benzene rings is 20. The van der Waals surface area contributed by atoms with Gasteiger partial charge >= 0.3 is 34.2 Å². The van der Waals surface area contributed by atoms with Gasteiger partial charge in [0.05, 0.1) is 0 Å². The largest absolute Gasteiger partial charge is 0.383 e. The van der Waals surface area contributed by atoms with Gasteiger partial charge in [-0.15, -0.1) is 0 Å². The van der Waals surface area contributed by atoms with Crippen molar-refractivity contribution in [1.29, 1.82) is 0 Å². The molecule has 0 saturated heterocycles. The maximum absolute atomic E-state index is 2.50. The van der Waals surface area contributed by atoms with E-state index in [1.54, 1.807) is 0 Å². The Morgan fingerprint density at radius 1 is 0.162 bits per heavy atom. The molecule has 0 aliphatic carbocycles. The van der Waals surface area contributed by atoms with E-state index in [0.29, 0.717) is 0 Å². The third-order valence-corrected chi connectivity index (χ3v) is 28.3. The van der Waals surface area contributed by atoms with E-state index >= 15 is 0 Å². The molecule has 600 valence electrons. The molecule has 0 aromatic heterocycles. The lowest BCUT2D eigenvalue weighted by atomic mass is 9.44. The molecule has 0 amide bonds. The highest BCUT2D eigenvalue weighted by Crippen LogP contribution is 2.50. The molecule has 0 unspecified atom stereocenters. The second-order valence-corrected chi connectivity index (χ2v) is 35.2. The highest BCUT2D eigenvalue weighted by Gasteiger charge is 2.44. The summed E-state index contributed by atoms with van der Waals surface area (Å²) in [6.07, 6.45) is 18.0. The molecule has 0 spiro atoms. The van der Waals surface area contributed by atoms with Crippen molar-refractivity contribution < 1.29 is 0 Å². The van der Waals surface area contributed by atoms with Gasteiger partial charge in [0, 0.05) is 67.6 Å². The molecule has 10 aliphatic heterocycles. The zero-order chi connectivity index (χ0) is 85.4. The summed E-state index contributed by atoms with van der Waals surface area (Å²) in [5, 5.41) is 13.0. The Bertz CT molecular complexity index is 7920. The van der Waals surface area contributed by atoms with E-state index in [4.69, 9.17) is 0 Å². The molecule has 20 aromatic carbocycles. The van der Waals surface area contributed by atoms with Crippen LogP contribution < -0.4 is 67.8 Å². The van der Waals surface area contributed by atoms with Crippen molar-refractivity contribution in [2.75, 3.05) is 24.1 Å². The van der Waals surface area contributed by atoms with E-state index in [2.05, 4.69) is 510 Å². The molecule has 0 saturated carbocycles. The summed E-state index contributed by atoms with van der Waals surface area (Å²) in [5.41, 5.74) is 39.9. The number of hydrogen-bond donors (Lipinski definition) is 0. The van der Waals surface area contributed by atoms with Crippen LogP contribution in [0.1, 0.15) is 27.8 Å². The van der Waals surface area contributed by atoms with Gasteiger partial charge in [-0.05, 0) is 251 Å². The molecule has 30 rings (SSSR count). The van der Waals surface area contributed by atoms with Gasteiger partial charge in [-0.3, -0.25) is 0 Å². The first-order valence-electron chi connectivity index (χ1n) is 45.4. The summed E-state index contributed by atoms with van der Waals surface area (Å²) in [7, 11) is 0. The fourth-order valence-electron chi connectivity index (χ4n) is 22.5. The van der Waals surface area contributed by atoms with Gasteiger partial charge in [0.25, 0.3) is 0 Å². The molecule has 0 atom stereocenters. The molecule has 10 heterocycles. The smallest absolute Gasteiger partial charge is 0.328 e. The van der Waals surface area contributed by atoms with Gasteiger partial charge in [0.15, 0.2) is 0 Å². The van der Waals surface area contributed by atoms with Crippen LogP contribution in [0.4, 0.5) is 39.8 Å². The van der Waals surface area contributed by atoms with Crippen LogP contribution in [0, 0.1) is 0 Å². The molecule has 0 bridgehead atoms. The zero-order valence-electron chi connectivity index (χ0n) is 71.3. The first kappa shape index (κ1) is 75.1. The van der Waals surface area contributed by atoms with E-state index in [0.717, 1.165) is 0 Å². The Morgan fingerprint density at radius 3 is 1.00 bits per heavy atom. The van der Waals surface area contributed by atoms with Gasteiger partial charge in [-0.2, -0.15) is 0 Å². The average Bonchev–Trinajstić information content (AvgIpc) is 0.748. The third-order valence-electron chi connectivity index (χ3n) is 28.3. The van der Waals surface area contributed by atoms with Gasteiger partial charge in [-0.25, -0.2) is 0 Å². The van der Waals surface area contributed by atoms with Crippen LogP contribution in [0.3, 0.4) is 0 Å². The molecule has 0 N–H and O–H groups in total. The molecule has 5 nitrogen and oxygen atoms in total. The lowest BCUT2D eigenvalue weighted by Crippen LogP contribution is -2.59. The number of hydrogen-bond acceptors (Lipinski definition) is 5. The highest BCUT2D eigenvalue weighted by atomic mass is 15.1. The summed E-state index contributed by atoms with van der Waals surface area (Å²) >= 11 is 0. The maximum atomic E-state index is 2.50. The third kappa shape index (κ3) is 12.2. The monoisotopic (exact) mass is 1650 g/mol. The Balaban J connectivity index is 0.0000000856. The zero-order valence-corrected chi connectivity index (χ0v) is 71.3. The van der Waals surface area contributed by atoms with Crippen LogP contribution in [0.15, 0.2) is 455 Å². The van der Waals surface area contributed by atoms with Crippen molar-refractivity contribution >= 4 is 202 Å². The number of fused-ring (bicyclic) bond motifs is 47. The van der Waals surface area contributed by atoms with Crippen molar-refractivity contribution in [3.05, 3.63) is 483 Å². The number of rotatable bonds is 0. The Labute approximate surface area is 759 Å². The van der Waals surface area contributed by atoms with Crippen molar-refractivity contribution in [1.82, 2.24) is 0 Å². The number of para-hydroxylation sites is 3. The molecule has 0 fully saturated rings. The Hall–Kier alpha value is -16.3. The van der Waals surface area contributed by atoms with Gasteiger partial charge in [-0.1, -0.05) is 388 Å². The first-order valence-corrected chi connectivity index (χ1v) is 45.4. The highest BCUT2D eigenvalue weighted by molar-refractivity contribution is 6.93. The Morgan fingerprint density at radius 2 is 0.477 bits per heavy atom. The van der Waals surface area contributed by atoms with Gasteiger partial charge in [0.2, 0.25) is 0 Å². The minimum atomic E-state index is 0.228. The minimum absolute atomic E-state index is 0.228. The van der Waals surface area contributed by atoms with E-state index < -0.39 is 0 Å². The van der Waals surface area contributed by atoms with Crippen molar-refractivity contribution in [2.45, 2.75) is 0 Å². The second-order valence-electron chi connectivity index (χ2n) is 35.2. The molecule has 10 heteroatoms. The summed E-state index contributed by atoms with van der Waals surface area (Å²) in [4.78, 5) is 12.3. The van der Waals surface area contributed by atoms with Crippen molar-refractivity contribution in [3.63, 3.8) is 0 Å². The molecule has 20 aromatic rings. The quantitative estimate of drug-likeness (QED) is 0.140. The van der Waals surface area contributed by atoms with Gasteiger partial charge < -0.3 is 24.1 Å². The molecular weight excluding hydrogens is 1570 g/mol. The van der Waals surface area contributed by atoms with Crippen LogP contribution in [0.5, 0.6) is 0 Å². The summed E-state index contributed by atoms with van der Waals surface area (Å²) < 4.78 is 0. The van der Waals surface area contributed by atoms with Crippen LogP contribution in [-0.2, 0) is 0 Å². The molecule has 130 heavy (non-hydrogen) atoms. The predicted octanol–water partition coefficient (Wildman–Crippen LogP) is 24.1. The van der Waals surface area contributed by atoms with Crippen LogP contribution >= 0.6 is 0 Å². The minimum Gasteiger partial charge on any atom is -0.383 e. The predicted molar refractivity (Wildman–Crippen MR) is 562 cm³/mol. The van der Waals surface area contributed by atoms with Crippen molar-refractivity contribution in [2.24, 2.45) is 0 Å². The van der Waals surface area contributed by atoms with Crippen LogP contribution in [0.2, 0.25) is 0 Å². The standard InChI is InChI=1S/5C24H16BN/c1-3-9-19-17(7-1)13-14-23-24(19)20-10-4-5-11-21(20)25-16-15-18-8-2-6-12-22(18)26(23)25;1-3-9-19-17(7-1)13-14-23-24(19)20-10-4-6-12-22(20)25-21-11-5-2-8-18(21)15-16-26(23)25;1-2-9-19-16-24-21(15-18(19)8-1)20-10-4-5-11-22(20)25-14-13-17-7-3-6-12-23(17)26(24)25;1-2-9-19-16-23-21(15-18(19)8-1)20-10-4-6-12-24(20)26-14-13-17-7-3-5-11-22(17)25(23)26;1-2-9-19-16-24-21(15-18(19)8-1)20-10-4-6-12-23(20)25-22-11-5-3-7-17(22)13-14-26(24)25/h5*1-16H. The van der Waals surface area contributed by atoms with Crippen LogP contribution in [0.25, 0.3) is 140 Å². The maximum Gasteiger partial charge on any atom is 0.328 e. The Kier molecular flexibility index (Phi) is 17.8. The molecular formula is C120H80B5N5. The molecule has 0 radical (unpaired) electrons. The van der Waals surface area contributed by atoms with E-state index in [9.17, 15) is 0 Å². The number of anilines is 7. The fourth-order valence-corrected chi connectivity index (χ4v) is 22.5. The first-order chi connectivity index (χ1) is 64.5. The number of nitrogens with zero attached hydrogens (tertiary/aromatic N) is 5. The van der Waals surface area contributed by atoms with Crippen molar-refractivity contribution in [3.8, 4) is 55.6 Å². The van der Waals surface area contributed by atoms with Gasteiger partial charge in [0.1, 0.15) is 0 Å². The lowest BCUT2D eigenvalue weighted by molar-refractivity contribution is 1.35. The van der Waals surface area contributed by atoms with E-state index in [1.807, 2.05) is 0 Å². The van der Waals surface area contributed by atoms with E-state index in [-0.39, 0.29) is 34.2 Å². The fraction of sp³-hybridized carbons (Fsp3) is 0. The summed E-state index contributed by atoms with van der Waals surface area (Å²) in [6.45, 7) is 1.19. The summed E-state index contributed by atoms with van der Waals surface area (Å²) in [5.74, 6) is 4.67. The normalized spacial score (nSPS) is 13.8.